The Morgan fingerprint density at radius 1 is 0.944 bits per heavy atom. The third kappa shape index (κ3) is 5.87. The Morgan fingerprint density at radius 3 is 2.56 bits per heavy atom. The molecule has 0 spiro atoms. The van der Waals surface area contributed by atoms with E-state index in [0.29, 0.717) is 48.9 Å². The van der Waals surface area contributed by atoms with E-state index in [1.807, 2.05) is 23.1 Å². The normalized spacial score (nSPS) is 12.2. The van der Waals surface area contributed by atoms with E-state index in [0.717, 1.165) is 16.1 Å². The molecule has 0 unspecified atom stereocenters. The molecule has 184 valence electrons. The van der Waals surface area contributed by atoms with E-state index in [9.17, 15) is 13.6 Å². The number of amides is 1. The molecule has 6 nitrogen and oxygen atoms in total. The second-order valence-corrected chi connectivity index (χ2v) is 9.30. The molecular formula is C27H23F2N3O3S. The highest BCUT2D eigenvalue weighted by Crippen LogP contribution is 2.32. The van der Waals surface area contributed by atoms with Crippen molar-refractivity contribution >= 4 is 17.2 Å². The topological polar surface area (TPSA) is 63.7 Å². The van der Waals surface area contributed by atoms with Crippen molar-refractivity contribution in [2.45, 2.75) is 26.2 Å². The fourth-order valence-electron chi connectivity index (χ4n) is 3.89. The number of nitrogens with zero attached hydrogens (tertiary/aromatic N) is 2. The van der Waals surface area contributed by atoms with E-state index < -0.39 is 0 Å². The van der Waals surface area contributed by atoms with Crippen LogP contribution >= 0.6 is 11.3 Å². The van der Waals surface area contributed by atoms with Crippen molar-refractivity contribution in [1.82, 2.24) is 15.2 Å². The van der Waals surface area contributed by atoms with Crippen LogP contribution in [0, 0.1) is 11.6 Å². The minimum Gasteiger partial charge on any atom is -0.454 e. The minimum absolute atomic E-state index is 0.196. The lowest BCUT2D eigenvalue weighted by Gasteiger charge is -2.22. The molecule has 1 aliphatic heterocycles. The average Bonchev–Trinajstić information content (AvgIpc) is 3.54. The van der Waals surface area contributed by atoms with E-state index >= 15 is 0 Å². The third-order valence-corrected chi connectivity index (χ3v) is 6.54. The standard InChI is InChI=1S/C27H23F2N3O3S/c28-21-8-5-18(6-9-21)13-32(14-20-3-1-2-4-22(20)29)15-26-31-23(16-36-26)27(33)30-12-19-7-10-24-25(11-19)35-17-34-24/h1-11,16H,12-15,17H2,(H,30,33). The summed E-state index contributed by atoms with van der Waals surface area (Å²) in [6, 6.07) is 18.4. The molecule has 0 radical (unpaired) electrons. The van der Waals surface area contributed by atoms with Gasteiger partial charge in [0.2, 0.25) is 6.79 Å². The van der Waals surface area contributed by atoms with Gasteiger partial charge in [0.15, 0.2) is 11.5 Å². The number of carbonyl (C=O) groups excluding carboxylic acids is 1. The van der Waals surface area contributed by atoms with Gasteiger partial charge in [0.25, 0.3) is 5.91 Å². The van der Waals surface area contributed by atoms with Gasteiger partial charge in [-0.15, -0.1) is 11.3 Å². The molecule has 1 aliphatic rings. The molecule has 0 atom stereocenters. The van der Waals surface area contributed by atoms with Crippen molar-refractivity contribution in [3.63, 3.8) is 0 Å². The highest BCUT2D eigenvalue weighted by molar-refractivity contribution is 7.09. The van der Waals surface area contributed by atoms with Gasteiger partial charge in [0, 0.05) is 30.6 Å². The summed E-state index contributed by atoms with van der Waals surface area (Å²) in [5.74, 6) is 0.470. The van der Waals surface area contributed by atoms with Gasteiger partial charge in [0.1, 0.15) is 22.3 Å². The van der Waals surface area contributed by atoms with Crippen molar-refractivity contribution in [1.29, 1.82) is 0 Å². The lowest BCUT2D eigenvalue weighted by Crippen LogP contribution is -2.24. The minimum atomic E-state index is -0.310. The highest BCUT2D eigenvalue weighted by atomic mass is 32.1. The van der Waals surface area contributed by atoms with Crippen LogP contribution < -0.4 is 14.8 Å². The number of ether oxygens (including phenoxy) is 2. The molecule has 0 saturated carbocycles. The number of thiazole rings is 1. The van der Waals surface area contributed by atoms with Crippen LogP contribution in [-0.2, 0) is 26.2 Å². The maximum atomic E-state index is 14.3. The Morgan fingerprint density at radius 2 is 1.72 bits per heavy atom. The Kier molecular flexibility index (Phi) is 7.20. The molecule has 9 heteroatoms. The zero-order chi connectivity index (χ0) is 24.9. The highest BCUT2D eigenvalue weighted by Gasteiger charge is 2.17. The second kappa shape index (κ2) is 10.8. The number of carbonyl (C=O) groups is 1. The second-order valence-electron chi connectivity index (χ2n) is 8.36. The predicted octanol–water partition coefficient (Wildman–Crippen LogP) is 5.28. The molecule has 1 N–H and O–H groups in total. The number of benzene rings is 3. The van der Waals surface area contributed by atoms with Gasteiger partial charge in [-0.3, -0.25) is 9.69 Å². The van der Waals surface area contributed by atoms with Crippen molar-refractivity contribution in [2.75, 3.05) is 6.79 Å². The summed E-state index contributed by atoms with van der Waals surface area (Å²) in [5, 5.41) is 5.31. The first-order valence-corrected chi connectivity index (χ1v) is 12.2. The maximum Gasteiger partial charge on any atom is 0.271 e. The fraction of sp³-hybridized carbons (Fsp3) is 0.185. The first kappa shape index (κ1) is 23.9. The van der Waals surface area contributed by atoms with E-state index in [1.165, 1.54) is 29.5 Å². The predicted molar refractivity (Wildman–Crippen MR) is 132 cm³/mol. The van der Waals surface area contributed by atoms with Gasteiger partial charge in [-0.1, -0.05) is 36.4 Å². The van der Waals surface area contributed by atoms with Crippen molar-refractivity contribution in [2.24, 2.45) is 0 Å². The smallest absolute Gasteiger partial charge is 0.271 e. The van der Waals surface area contributed by atoms with E-state index in [1.54, 1.807) is 35.7 Å². The Labute approximate surface area is 211 Å². The summed E-state index contributed by atoms with van der Waals surface area (Å²) >= 11 is 1.37. The molecule has 2 heterocycles. The van der Waals surface area contributed by atoms with Gasteiger partial charge in [0.05, 0.1) is 6.54 Å². The van der Waals surface area contributed by atoms with Gasteiger partial charge < -0.3 is 14.8 Å². The number of fused-ring (bicyclic) bond motifs is 1. The largest absolute Gasteiger partial charge is 0.454 e. The zero-order valence-corrected chi connectivity index (χ0v) is 20.1. The van der Waals surface area contributed by atoms with Crippen LogP contribution in [0.15, 0.2) is 72.1 Å². The van der Waals surface area contributed by atoms with Crippen molar-refractivity contribution in [3.8, 4) is 11.5 Å². The lowest BCUT2D eigenvalue weighted by molar-refractivity contribution is 0.0946. The van der Waals surface area contributed by atoms with Crippen LogP contribution in [0.4, 0.5) is 8.78 Å². The fourth-order valence-corrected chi connectivity index (χ4v) is 4.70. The summed E-state index contributed by atoms with van der Waals surface area (Å²) in [4.78, 5) is 19.2. The maximum absolute atomic E-state index is 14.3. The summed E-state index contributed by atoms with van der Waals surface area (Å²) < 4.78 is 38.4. The van der Waals surface area contributed by atoms with Crippen molar-refractivity contribution in [3.05, 3.63) is 111 Å². The quantitative estimate of drug-likeness (QED) is 0.334. The zero-order valence-electron chi connectivity index (χ0n) is 19.2. The lowest BCUT2D eigenvalue weighted by atomic mass is 10.1. The van der Waals surface area contributed by atoms with Crippen LogP contribution in [0.5, 0.6) is 11.5 Å². The number of nitrogens with one attached hydrogen (secondary N) is 1. The van der Waals surface area contributed by atoms with E-state index in [-0.39, 0.29) is 24.3 Å². The van der Waals surface area contributed by atoms with Crippen LogP contribution in [0.25, 0.3) is 0 Å². The molecule has 0 fully saturated rings. The number of hydrogen-bond donors (Lipinski definition) is 1. The summed E-state index contributed by atoms with van der Waals surface area (Å²) in [5.41, 5.74) is 2.66. The van der Waals surface area contributed by atoms with Crippen LogP contribution in [0.3, 0.4) is 0 Å². The Bertz CT molecular complexity index is 1360. The molecule has 3 aromatic carbocycles. The first-order chi connectivity index (χ1) is 17.5. The van der Waals surface area contributed by atoms with Gasteiger partial charge >= 0.3 is 0 Å². The molecule has 1 amide bonds. The molecule has 0 bridgehead atoms. The number of halogens is 2. The monoisotopic (exact) mass is 507 g/mol. The molecule has 4 aromatic rings. The average molecular weight is 508 g/mol. The molecule has 36 heavy (non-hydrogen) atoms. The molecule has 5 rings (SSSR count). The van der Waals surface area contributed by atoms with Gasteiger partial charge in [-0.05, 0) is 41.5 Å². The first-order valence-electron chi connectivity index (χ1n) is 11.3. The molecule has 0 saturated heterocycles. The van der Waals surface area contributed by atoms with Gasteiger partial charge in [-0.2, -0.15) is 0 Å². The van der Waals surface area contributed by atoms with Crippen LogP contribution in [0.2, 0.25) is 0 Å². The third-order valence-electron chi connectivity index (χ3n) is 5.70. The molecule has 1 aromatic heterocycles. The van der Waals surface area contributed by atoms with E-state index in [4.69, 9.17) is 9.47 Å². The van der Waals surface area contributed by atoms with Crippen molar-refractivity contribution < 1.29 is 23.0 Å². The summed E-state index contributed by atoms with van der Waals surface area (Å²) in [6.07, 6.45) is 0. The Hall–Kier alpha value is -3.82. The van der Waals surface area contributed by atoms with E-state index in [2.05, 4.69) is 10.3 Å². The van der Waals surface area contributed by atoms with Gasteiger partial charge in [-0.25, -0.2) is 13.8 Å². The SMILES string of the molecule is O=C(NCc1ccc2c(c1)OCO2)c1csc(CN(Cc2ccc(F)cc2)Cc2ccccc2F)n1. The summed E-state index contributed by atoms with van der Waals surface area (Å²) in [6.45, 7) is 1.75. The van der Waals surface area contributed by atoms with Crippen LogP contribution in [-0.4, -0.2) is 22.6 Å². The van der Waals surface area contributed by atoms with Crippen LogP contribution in [0.1, 0.15) is 32.2 Å². The number of hydrogen-bond acceptors (Lipinski definition) is 6. The number of aromatic nitrogens is 1. The Balaban J connectivity index is 1.25. The summed E-state index contributed by atoms with van der Waals surface area (Å²) in [7, 11) is 0. The number of rotatable bonds is 9. The molecular weight excluding hydrogens is 484 g/mol. The molecule has 0 aliphatic carbocycles.